The van der Waals surface area contributed by atoms with Gasteiger partial charge in [-0.15, -0.1) is 49.6 Å². The van der Waals surface area contributed by atoms with E-state index in [1.807, 2.05) is 49.4 Å². The molecule has 13 heteroatoms. The number of carbonyl (C=O) groups excluding carboxylic acids is 1. The number of anilines is 1. The molecular weight excluding hydrogens is 651 g/mol. The molecule has 1 amide bonds. The van der Waals surface area contributed by atoms with Crippen molar-refractivity contribution in [3.05, 3.63) is 69.7 Å². The molecule has 230 valence electrons. The number of aryl methyl sites for hydroxylation is 1. The molecule has 0 aliphatic carbocycles. The third kappa shape index (κ3) is 9.72. The molecule has 1 aliphatic rings. The highest BCUT2D eigenvalue weighted by molar-refractivity contribution is 6.43. The van der Waals surface area contributed by atoms with E-state index in [2.05, 4.69) is 26.6 Å². The third-order valence-corrected chi connectivity index (χ3v) is 7.59. The van der Waals surface area contributed by atoms with Crippen LogP contribution in [0.5, 0.6) is 5.75 Å². The fraction of sp³-hybridized carbons (Fsp3) is 0.429. The number of imidazole rings is 1. The Kier molecular flexibility index (Phi) is 18.1. The van der Waals surface area contributed by atoms with Gasteiger partial charge in [0.25, 0.3) is 5.91 Å². The van der Waals surface area contributed by atoms with Crippen LogP contribution in [0.15, 0.2) is 42.5 Å². The van der Waals surface area contributed by atoms with Gasteiger partial charge in [-0.1, -0.05) is 36.2 Å². The summed E-state index contributed by atoms with van der Waals surface area (Å²) >= 11 is 12.6. The summed E-state index contributed by atoms with van der Waals surface area (Å²) < 4.78 is 7.36. The van der Waals surface area contributed by atoms with Crippen molar-refractivity contribution < 1.29 is 9.53 Å². The molecule has 1 aromatic heterocycles. The molecule has 0 spiro atoms. The summed E-state index contributed by atoms with van der Waals surface area (Å²) in [6.45, 7) is 9.30. The minimum atomic E-state index is -0.123. The van der Waals surface area contributed by atoms with Crippen molar-refractivity contribution in [2.45, 2.75) is 33.1 Å². The van der Waals surface area contributed by atoms with Crippen molar-refractivity contribution in [1.29, 1.82) is 0 Å². The van der Waals surface area contributed by atoms with E-state index in [4.69, 9.17) is 32.9 Å². The summed E-state index contributed by atoms with van der Waals surface area (Å²) in [7, 11) is 1.65. The number of halogens is 6. The molecule has 1 aliphatic heterocycles. The molecule has 7 nitrogen and oxygen atoms in total. The maximum Gasteiger partial charge on any atom is 0.271 e. The van der Waals surface area contributed by atoms with Crippen LogP contribution < -0.4 is 15.0 Å². The molecule has 0 unspecified atom stereocenters. The van der Waals surface area contributed by atoms with Gasteiger partial charge in [-0.05, 0) is 62.7 Å². The average Bonchev–Trinajstić information content (AvgIpc) is 3.24. The van der Waals surface area contributed by atoms with Crippen molar-refractivity contribution in [3.63, 3.8) is 0 Å². The van der Waals surface area contributed by atoms with Crippen LogP contribution in [0.4, 0.5) is 5.69 Å². The van der Waals surface area contributed by atoms with E-state index in [1.54, 1.807) is 7.11 Å². The number of rotatable bonds is 10. The Morgan fingerprint density at radius 1 is 1.00 bits per heavy atom. The van der Waals surface area contributed by atoms with Crippen LogP contribution in [0, 0.1) is 6.92 Å². The molecule has 2 heterocycles. The van der Waals surface area contributed by atoms with Crippen LogP contribution >= 0.6 is 72.8 Å². The molecule has 0 saturated carbocycles. The minimum Gasteiger partial charge on any atom is -0.497 e. The normalized spacial score (nSPS) is 12.8. The summed E-state index contributed by atoms with van der Waals surface area (Å²) in [5, 5.41) is 4.28. The predicted octanol–water partition coefficient (Wildman–Crippen LogP) is 7.08. The highest BCUT2D eigenvalue weighted by Crippen LogP contribution is 2.32. The average molecular weight is 690 g/mol. The molecule has 1 N–H and O–H groups in total. The van der Waals surface area contributed by atoms with Gasteiger partial charge in [-0.2, -0.15) is 0 Å². The lowest BCUT2D eigenvalue weighted by molar-refractivity contribution is 0.0946. The van der Waals surface area contributed by atoms with Gasteiger partial charge < -0.3 is 19.5 Å². The number of benzene rings is 2. The molecule has 0 atom stereocenters. The molecule has 4 rings (SSSR count). The van der Waals surface area contributed by atoms with Crippen LogP contribution in [-0.2, 0) is 6.42 Å². The highest BCUT2D eigenvalue weighted by Gasteiger charge is 2.21. The number of hydrogen-bond acceptors (Lipinski definition) is 5. The number of carbonyl (C=O) groups is 1. The number of aromatic nitrogens is 2. The topological polar surface area (TPSA) is 62.6 Å². The number of nitrogens with one attached hydrogen (secondary N) is 1. The number of amides is 1. The molecule has 3 aromatic rings. The van der Waals surface area contributed by atoms with Gasteiger partial charge in [0.15, 0.2) is 0 Å². The van der Waals surface area contributed by atoms with Gasteiger partial charge in [-0.3, -0.25) is 9.69 Å². The van der Waals surface area contributed by atoms with Crippen LogP contribution in [0.1, 0.15) is 41.8 Å². The summed E-state index contributed by atoms with van der Waals surface area (Å²) in [4.78, 5) is 22.4. The van der Waals surface area contributed by atoms with E-state index in [-0.39, 0.29) is 55.5 Å². The zero-order valence-electron chi connectivity index (χ0n) is 23.4. The van der Waals surface area contributed by atoms with E-state index in [9.17, 15) is 4.79 Å². The summed E-state index contributed by atoms with van der Waals surface area (Å²) in [5.74, 6) is 1.57. The Morgan fingerprint density at radius 2 is 1.66 bits per heavy atom. The second-order valence-electron chi connectivity index (χ2n) is 9.26. The maximum absolute atomic E-state index is 13.0. The van der Waals surface area contributed by atoms with Crippen LogP contribution in [0.25, 0.3) is 5.69 Å². The van der Waals surface area contributed by atoms with Gasteiger partial charge in [0.05, 0.1) is 28.5 Å². The van der Waals surface area contributed by atoms with Crippen molar-refractivity contribution in [2.75, 3.05) is 51.3 Å². The van der Waals surface area contributed by atoms with Crippen molar-refractivity contribution in [2.24, 2.45) is 0 Å². The summed E-state index contributed by atoms with van der Waals surface area (Å²) in [6.07, 6.45) is 2.63. The molecule has 0 bridgehead atoms. The Morgan fingerprint density at radius 3 is 2.27 bits per heavy atom. The quantitative estimate of drug-likeness (QED) is 0.231. The molecule has 1 saturated heterocycles. The molecule has 1 fully saturated rings. The largest absolute Gasteiger partial charge is 0.497 e. The zero-order chi connectivity index (χ0) is 26.4. The lowest BCUT2D eigenvalue weighted by atomic mass is 10.2. The smallest absolute Gasteiger partial charge is 0.271 e. The lowest BCUT2D eigenvalue weighted by Crippen LogP contribution is -2.47. The first kappa shape index (κ1) is 39.4. The van der Waals surface area contributed by atoms with E-state index in [0.717, 1.165) is 80.6 Å². The fourth-order valence-corrected chi connectivity index (χ4v) is 5.19. The van der Waals surface area contributed by atoms with Gasteiger partial charge in [0.2, 0.25) is 0 Å². The maximum atomic E-state index is 13.0. The first-order chi connectivity index (χ1) is 17.9. The molecule has 0 radical (unpaired) electrons. The Hall–Kier alpha value is -1.58. The van der Waals surface area contributed by atoms with Crippen molar-refractivity contribution >= 4 is 84.4 Å². The second kappa shape index (κ2) is 18.9. The number of ether oxygens (including phenoxy) is 1. The number of piperazine rings is 1. The number of nitrogens with zero attached hydrogens (tertiary/aromatic N) is 4. The van der Waals surface area contributed by atoms with Crippen LogP contribution in [-0.4, -0.2) is 66.7 Å². The van der Waals surface area contributed by atoms with Crippen molar-refractivity contribution in [3.8, 4) is 11.4 Å². The summed E-state index contributed by atoms with van der Waals surface area (Å²) in [6, 6.07) is 13.6. The van der Waals surface area contributed by atoms with Crippen LogP contribution in [0.2, 0.25) is 10.0 Å². The van der Waals surface area contributed by atoms with E-state index in [0.29, 0.717) is 22.3 Å². The third-order valence-electron chi connectivity index (χ3n) is 6.78. The zero-order valence-corrected chi connectivity index (χ0v) is 28.2. The van der Waals surface area contributed by atoms with Gasteiger partial charge in [0.1, 0.15) is 17.3 Å². The molecular formula is C28H39Cl6N5O2. The predicted molar refractivity (Wildman–Crippen MR) is 180 cm³/mol. The minimum absolute atomic E-state index is 0. The SMILES string of the molecule is CCCc1nc(C(=O)NCCCN2CCN(c3cccc(Cl)c3Cl)CC2)c(C)n1-c1ccc(OC)cc1.Cl.Cl.Cl.Cl. The highest BCUT2D eigenvalue weighted by atomic mass is 35.5. The molecule has 41 heavy (non-hydrogen) atoms. The van der Waals surface area contributed by atoms with Crippen LogP contribution in [0.3, 0.4) is 0 Å². The first-order valence-corrected chi connectivity index (χ1v) is 13.6. The van der Waals surface area contributed by atoms with Gasteiger partial charge in [-0.25, -0.2) is 4.98 Å². The van der Waals surface area contributed by atoms with Gasteiger partial charge in [0, 0.05) is 44.8 Å². The van der Waals surface area contributed by atoms with E-state index < -0.39 is 0 Å². The standard InChI is InChI=1S/C28H35Cl2N5O2.4ClH/c1-4-7-25-32-27(20(2)35(25)21-10-12-22(37-3)13-11-21)28(36)31-14-6-15-33-16-18-34(19-17-33)24-9-5-8-23(29)26(24)30;;;;/h5,8-13H,4,6-7,14-19H2,1-3H3,(H,31,36);4*1H. The lowest BCUT2D eigenvalue weighted by Gasteiger charge is -2.36. The van der Waals surface area contributed by atoms with Gasteiger partial charge >= 0.3 is 0 Å². The fourth-order valence-electron chi connectivity index (χ4n) is 4.78. The van der Waals surface area contributed by atoms with Crippen molar-refractivity contribution in [1.82, 2.24) is 19.8 Å². The monoisotopic (exact) mass is 687 g/mol. The second-order valence-corrected chi connectivity index (χ2v) is 10.0. The Balaban J connectivity index is 0.00000400. The molecule has 2 aromatic carbocycles. The van der Waals surface area contributed by atoms with E-state index >= 15 is 0 Å². The summed E-state index contributed by atoms with van der Waals surface area (Å²) in [5.41, 5.74) is 3.31. The Labute approximate surface area is 277 Å². The Bertz CT molecular complexity index is 1220. The number of hydrogen-bond donors (Lipinski definition) is 1. The number of methoxy groups -OCH3 is 1. The first-order valence-electron chi connectivity index (χ1n) is 12.8. The van der Waals surface area contributed by atoms with E-state index in [1.165, 1.54) is 0 Å².